The van der Waals surface area contributed by atoms with Crippen molar-refractivity contribution in [3.8, 4) is 16.9 Å². The van der Waals surface area contributed by atoms with Crippen LogP contribution in [0.5, 0.6) is 5.75 Å². The summed E-state index contributed by atoms with van der Waals surface area (Å²) in [5.41, 5.74) is 2.74. The van der Waals surface area contributed by atoms with Gasteiger partial charge in [-0.25, -0.2) is 4.79 Å². The van der Waals surface area contributed by atoms with E-state index in [4.69, 9.17) is 9.15 Å². The molecule has 0 radical (unpaired) electrons. The smallest absolute Gasteiger partial charge is 0.330 e. The van der Waals surface area contributed by atoms with Gasteiger partial charge < -0.3 is 24.1 Å². The summed E-state index contributed by atoms with van der Waals surface area (Å²) in [4.78, 5) is 25.8. The van der Waals surface area contributed by atoms with E-state index in [0.29, 0.717) is 27.9 Å². The zero-order valence-corrected chi connectivity index (χ0v) is 24.6. The van der Waals surface area contributed by atoms with E-state index >= 15 is 0 Å². The molecule has 0 bridgehead atoms. The van der Waals surface area contributed by atoms with Gasteiger partial charge >= 0.3 is 5.97 Å². The van der Waals surface area contributed by atoms with Gasteiger partial charge in [0.25, 0.3) is 5.91 Å². The van der Waals surface area contributed by atoms with Crippen LogP contribution in [0, 0.1) is 12.8 Å². The SMILES string of the molecule is Cc1c(C(=O)Nc2ccc(-c3ccc(N(C(C(=O)OC(C)(C)C)C(C)C)S(=O)[O-])cc3)cc2)oc2cccc(O)c12. The van der Waals surface area contributed by atoms with E-state index in [1.807, 2.05) is 12.1 Å². The molecule has 1 aromatic heterocycles. The molecule has 2 unspecified atom stereocenters. The summed E-state index contributed by atoms with van der Waals surface area (Å²) in [5, 5.41) is 13.4. The molecule has 216 valence electrons. The molecule has 10 heteroatoms. The van der Waals surface area contributed by atoms with Crippen molar-refractivity contribution >= 4 is 45.5 Å². The Balaban J connectivity index is 1.52. The molecule has 0 spiro atoms. The highest BCUT2D eigenvalue weighted by Crippen LogP contribution is 2.33. The lowest BCUT2D eigenvalue weighted by Crippen LogP contribution is -2.48. The Morgan fingerprint density at radius 3 is 2.10 bits per heavy atom. The largest absolute Gasteiger partial charge is 0.755 e. The summed E-state index contributed by atoms with van der Waals surface area (Å²) in [6.07, 6.45) is 0. The number of phenolic OH excluding ortho intramolecular Hbond substituents is 1. The Bertz CT molecular complexity index is 1590. The lowest BCUT2D eigenvalue weighted by atomic mass is 10.0. The van der Waals surface area contributed by atoms with Crippen LogP contribution in [0.4, 0.5) is 11.4 Å². The molecule has 1 amide bonds. The first kappa shape index (κ1) is 29.8. The molecule has 0 aliphatic heterocycles. The number of furan rings is 1. The van der Waals surface area contributed by atoms with Crippen molar-refractivity contribution in [3.63, 3.8) is 0 Å². The number of esters is 1. The molecule has 0 fully saturated rings. The first-order valence-electron chi connectivity index (χ1n) is 13.1. The maximum atomic E-state index is 12.9. The number of hydrogen-bond acceptors (Lipinski definition) is 7. The molecule has 3 aromatic carbocycles. The van der Waals surface area contributed by atoms with E-state index in [1.165, 1.54) is 0 Å². The molecule has 2 N–H and O–H groups in total. The molecule has 0 aliphatic rings. The summed E-state index contributed by atoms with van der Waals surface area (Å²) in [5.74, 6) is -1.22. The van der Waals surface area contributed by atoms with E-state index in [9.17, 15) is 23.5 Å². The van der Waals surface area contributed by atoms with E-state index < -0.39 is 34.8 Å². The minimum absolute atomic E-state index is 0.0485. The fourth-order valence-electron chi connectivity index (χ4n) is 4.57. The van der Waals surface area contributed by atoms with Crippen molar-refractivity contribution in [3.05, 3.63) is 78.1 Å². The maximum Gasteiger partial charge on any atom is 0.330 e. The number of rotatable bonds is 8. The third-order valence-corrected chi connectivity index (χ3v) is 7.19. The first-order valence-corrected chi connectivity index (χ1v) is 14.1. The molecule has 4 aromatic rings. The third kappa shape index (κ3) is 6.61. The fraction of sp³-hybridized carbons (Fsp3) is 0.290. The number of fused-ring (bicyclic) bond motifs is 1. The summed E-state index contributed by atoms with van der Waals surface area (Å²) >= 11 is -2.72. The molecule has 2 atom stereocenters. The highest BCUT2D eigenvalue weighted by Gasteiger charge is 2.34. The molecule has 41 heavy (non-hydrogen) atoms. The fourth-order valence-corrected chi connectivity index (χ4v) is 5.38. The number of carbonyl (C=O) groups excluding carboxylic acids is 2. The monoisotopic (exact) mass is 577 g/mol. The van der Waals surface area contributed by atoms with Crippen LogP contribution in [0.15, 0.2) is 71.1 Å². The normalized spacial score (nSPS) is 13.2. The van der Waals surface area contributed by atoms with Gasteiger partial charge in [0, 0.05) is 28.2 Å². The number of amides is 1. The Kier molecular flexibility index (Phi) is 8.55. The minimum atomic E-state index is -2.72. The first-order chi connectivity index (χ1) is 19.3. The highest BCUT2D eigenvalue weighted by molar-refractivity contribution is 7.80. The second-order valence-corrected chi connectivity index (χ2v) is 11.9. The second kappa shape index (κ2) is 11.8. The van der Waals surface area contributed by atoms with Gasteiger partial charge in [0.15, 0.2) is 5.76 Å². The summed E-state index contributed by atoms with van der Waals surface area (Å²) in [6, 6.07) is 17.8. The van der Waals surface area contributed by atoms with Crippen LogP contribution in [0.2, 0.25) is 0 Å². The van der Waals surface area contributed by atoms with Crippen LogP contribution in [0.25, 0.3) is 22.1 Å². The van der Waals surface area contributed by atoms with Crippen molar-refractivity contribution in [2.45, 2.75) is 53.2 Å². The predicted molar refractivity (Wildman–Crippen MR) is 158 cm³/mol. The van der Waals surface area contributed by atoms with Crippen molar-refractivity contribution in [2.24, 2.45) is 5.92 Å². The van der Waals surface area contributed by atoms with Crippen molar-refractivity contribution in [1.29, 1.82) is 0 Å². The van der Waals surface area contributed by atoms with Crippen LogP contribution < -0.4 is 9.62 Å². The van der Waals surface area contributed by atoms with Gasteiger partial charge in [-0.1, -0.05) is 44.2 Å². The van der Waals surface area contributed by atoms with E-state index in [1.54, 1.807) is 96.1 Å². The van der Waals surface area contributed by atoms with Crippen molar-refractivity contribution in [1.82, 2.24) is 0 Å². The van der Waals surface area contributed by atoms with Crippen LogP contribution in [-0.2, 0) is 20.8 Å². The summed E-state index contributed by atoms with van der Waals surface area (Å²) < 4.78 is 36.7. The minimum Gasteiger partial charge on any atom is -0.755 e. The van der Waals surface area contributed by atoms with E-state index in [2.05, 4.69) is 5.32 Å². The number of phenols is 1. The average Bonchev–Trinajstić information content (AvgIpc) is 3.24. The van der Waals surface area contributed by atoms with Gasteiger partial charge in [0.2, 0.25) is 0 Å². The second-order valence-electron chi connectivity index (χ2n) is 11.1. The van der Waals surface area contributed by atoms with Gasteiger partial charge in [0.1, 0.15) is 23.0 Å². The number of aryl methyl sites for hydroxylation is 1. The molecule has 0 saturated heterocycles. The zero-order valence-electron chi connectivity index (χ0n) is 23.8. The highest BCUT2D eigenvalue weighted by atomic mass is 32.2. The molecular weight excluding hydrogens is 544 g/mol. The molecule has 9 nitrogen and oxygen atoms in total. The van der Waals surface area contributed by atoms with E-state index in [-0.39, 0.29) is 17.4 Å². The van der Waals surface area contributed by atoms with E-state index in [0.717, 1.165) is 15.4 Å². The van der Waals surface area contributed by atoms with Gasteiger partial charge in [-0.2, -0.15) is 0 Å². The molecule has 4 rings (SSSR count). The number of nitrogens with one attached hydrogen (secondary N) is 1. The Labute approximate surface area is 241 Å². The number of aromatic hydroxyl groups is 1. The number of anilines is 2. The quantitative estimate of drug-likeness (QED) is 0.185. The number of nitrogens with zero attached hydrogens (tertiary/aromatic N) is 1. The van der Waals surface area contributed by atoms with Crippen LogP contribution >= 0.6 is 0 Å². The third-order valence-electron chi connectivity index (χ3n) is 6.43. The Morgan fingerprint density at radius 1 is 1.00 bits per heavy atom. The zero-order chi connectivity index (χ0) is 30.1. The van der Waals surface area contributed by atoms with Gasteiger partial charge in [-0.05, 0) is 81.1 Å². The maximum absolute atomic E-state index is 12.9. The number of benzene rings is 3. The number of hydrogen-bond donors (Lipinski definition) is 2. The van der Waals surface area contributed by atoms with Crippen LogP contribution in [-0.4, -0.2) is 37.4 Å². The lowest BCUT2D eigenvalue weighted by Gasteiger charge is -2.36. The van der Waals surface area contributed by atoms with Gasteiger partial charge in [-0.3, -0.25) is 13.3 Å². The Hall–Kier alpha value is -4.15. The van der Waals surface area contributed by atoms with Crippen molar-refractivity contribution < 1.29 is 32.6 Å². The molecular formula is C31H33N2O7S-. The molecule has 1 heterocycles. The average molecular weight is 578 g/mol. The van der Waals surface area contributed by atoms with Gasteiger partial charge in [-0.15, -0.1) is 0 Å². The van der Waals surface area contributed by atoms with Gasteiger partial charge in [0.05, 0.1) is 5.39 Å². The van der Waals surface area contributed by atoms with Crippen LogP contribution in [0.1, 0.15) is 50.7 Å². The van der Waals surface area contributed by atoms with Crippen molar-refractivity contribution in [2.75, 3.05) is 9.62 Å². The summed E-state index contributed by atoms with van der Waals surface area (Å²) in [7, 11) is 0. The predicted octanol–water partition coefficient (Wildman–Crippen LogP) is 6.33. The number of carbonyl (C=O) groups is 2. The standard InChI is InChI=1S/C31H34N2O7S/c1-18(2)27(30(36)40-31(4,5)6)33(41(37)38)23-16-12-21(13-17-23)20-10-14-22(15-11-20)32-29(35)28-19(3)26-24(34)8-7-9-25(26)39-28/h7-18,27,34H,1-6H3,(H,32,35)(H,37,38)/p-1. The Morgan fingerprint density at radius 2 is 1.59 bits per heavy atom. The molecule has 0 aliphatic carbocycles. The topological polar surface area (TPSA) is 132 Å². The lowest BCUT2D eigenvalue weighted by molar-refractivity contribution is -0.157. The number of ether oxygens (including phenoxy) is 1. The summed E-state index contributed by atoms with van der Waals surface area (Å²) in [6.45, 7) is 10.5. The van der Waals surface area contributed by atoms with Crippen LogP contribution in [0.3, 0.4) is 0 Å². The molecule has 0 saturated carbocycles.